The number of anilines is 1. The number of nitrogens with zero attached hydrogens (tertiary/aromatic N) is 4. The number of hydrogen-bond acceptors (Lipinski definition) is 5. The number of fused-ring (bicyclic) bond motifs is 1. The van der Waals surface area contributed by atoms with Crippen LogP contribution in [0.1, 0.15) is 69.5 Å². The maximum absolute atomic E-state index is 13.5. The zero-order chi connectivity index (χ0) is 26.9. The molecule has 38 heavy (non-hydrogen) atoms. The predicted octanol–water partition coefficient (Wildman–Crippen LogP) is 5.13. The van der Waals surface area contributed by atoms with Gasteiger partial charge in [-0.05, 0) is 68.5 Å². The lowest BCUT2D eigenvalue weighted by Gasteiger charge is -2.43. The molecule has 0 spiro atoms. The van der Waals surface area contributed by atoms with E-state index >= 15 is 0 Å². The summed E-state index contributed by atoms with van der Waals surface area (Å²) in [5.41, 5.74) is 6.99. The van der Waals surface area contributed by atoms with Crippen LogP contribution < -0.4 is 10.2 Å². The maximum atomic E-state index is 13.5. The van der Waals surface area contributed by atoms with E-state index in [4.69, 9.17) is 4.98 Å². The number of likely N-dealkylation sites (tertiary alicyclic amines) is 1. The van der Waals surface area contributed by atoms with Crippen molar-refractivity contribution >= 4 is 5.69 Å². The number of rotatable bonds is 8. The van der Waals surface area contributed by atoms with Gasteiger partial charge in [-0.25, -0.2) is 4.39 Å². The number of aryl methyl sites for hydroxylation is 1. The Morgan fingerprint density at radius 3 is 2.68 bits per heavy atom. The van der Waals surface area contributed by atoms with E-state index in [0.717, 1.165) is 69.1 Å². The molecule has 1 aromatic heterocycles. The van der Waals surface area contributed by atoms with Crippen LogP contribution in [0.2, 0.25) is 0 Å². The van der Waals surface area contributed by atoms with E-state index in [1.165, 1.54) is 42.8 Å². The Morgan fingerprint density at radius 1 is 1.16 bits per heavy atom. The minimum Gasteiger partial charge on any atom is -0.342 e. The third-order valence-corrected chi connectivity index (χ3v) is 8.92. The molecule has 2 atom stereocenters. The molecule has 5 nitrogen and oxygen atoms in total. The van der Waals surface area contributed by atoms with Crippen LogP contribution in [0.3, 0.4) is 0 Å². The highest BCUT2D eigenvalue weighted by atomic mass is 19.1. The van der Waals surface area contributed by atoms with Gasteiger partial charge < -0.3 is 10.2 Å². The van der Waals surface area contributed by atoms with Crippen molar-refractivity contribution in [2.24, 2.45) is 0 Å². The fraction of sp³-hybridized carbons (Fsp3) is 0.594. The molecule has 0 bridgehead atoms. The standard InChI is InChI=1S/C32H46FN5/c1-6-29-26(17-25-10-12-27(33)13-11-25)18-30-31(35-29)32(4,5)22-38(30)24(3)20-37-16-14-34-19-28(37)21-36-15-8-7-9-23(36)2/h10-13,18,23,28,34H,3,6-9,14-17,19-22H2,1-2,4-5H3. The van der Waals surface area contributed by atoms with Crippen molar-refractivity contribution in [3.05, 3.63) is 70.9 Å². The molecular formula is C32H46FN5. The molecule has 0 aliphatic carbocycles. The van der Waals surface area contributed by atoms with E-state index in [2.05, 4.69) is 60.4 Å². The molecule has 206 valence electrons. The monoisotopic (exact) mass is 519 g/mol. The van der Waals surface area contributed by atoms with E-state index in [1.54, 1.807) is 12.1 Å². The molecule has 1 N–H and O–H groups in total. The zero-order valence-electron chi connectivity index (χ0n) is 23.9. The number of benzene rings is 1. The molecule has 2 unspecified atom stereocenters. The van der Waals surface area contributed by atoms with E-state index < -0.39 is 0 Å². The Hall–Kier alpha value is -2.28. The second-order valence-electron chi connectivity index (χ2n) is 12.3. The number of halogens is 1. The Bertz CT molecular complexity index is 1130. The van der Waals surface area contributed by atoms with E-state index in [1.807, 2.05) is 12.1 Å². The van der Waals surface area contributed by atoms with Crippen molar-refractivity contribution in [2.45, 2.75) is 77.3 Å². The Morgan fingerprint density at radius 2 is 1.95 bits per heavy atom. The fourth-order valence-corrected chi connectivity index (χ4v) is 6.61. The second kappa shape index (κ2) is 11.4. The lowest BCUT2D eigenvalue weighted by atomic mass is 9.90. The molecule has 3 aliphatic rings. The van der Waals surface area contributed by atoms with Crippen molar-refractivity contribution in [1.29, 1.82) is 0 Å². The smallest absolute Gasteiger partial charge is 0.123 e. The maximum Gasteiger partial charge on any atom is 0.123 e. The van der Waals surface area contributed by atoms with Crippen LogP contribution in [0.15, 0.2) is 42.6 Å². The number of piperidine rings is 1. The van der Waals surface area contributed by atoms with E-state index in [9.17, 15) is 4.39 Å². The number of aromatic nitrogens is 1. The second-order valence-corrected chi connectivity index (χ2v) is 12.3. The molecule has 0 radical (unpaired) electrons. The molecule has 6 heteroatoms. The lowest BCUT2D eigenvalue weighted by molar-refractivity contribution is 0.0850. The summed E-state index contributed by atoms with van der Waals surface area (Å²) >= 11 is 0. The molecule has 2 saturated heterocycles. The first-order chi connectivity index (χ1) is 18.2. The van der Waals surface area contributed by atoms with Crippen molar-refractivity contribution in [3.8, 4) is 0 Å². The summed E-state index contributed by atoms with van der Waals surface area (Å²) in [5.74, 6) is -0.193. The molecule has 1 aromatic carbocycles. The predicted molar refractivity (Wildman–Crippen MR) is 155 cm³/mol. The lowest BCUT2D eigenvalue weighted by Crippen LogP contribution is -2.58. The zero-order valence-corrected chi connectivity index (χ0v) is 23.9. The molecule has 3 aliphatic heterocycles. The molecule has 0 amide bonds. The summed E-state index contributed by atoms with van der Waals surface area (Å²) in [6, 6.07) is 10.4. The van der Waals surface area contributed by atoms with Gasteiger partial charge in [0.05, 0.1) is 11.4 Å². The van der Waals surface area contributed by atoms with Gasteiger partial charge in [-0.3, -0.25) is 14.8 Å². The van der Waals surface area contributed by atoms with Crippen molar-refractivity contribution in [3.63, 3.8) is 0 Å². The topological polar surface area (TPSA) is 34.6 Å². The summed E-state index contributed by atoms with van der Waals surface area (Å²) < 4.78 is 13.5. The first-order valence-electron chi connectivity index (χ1n) is 14.7. The Labute approximate surface area is 229 Å². The average Bonchev–Trinajstić information content (AvgIpc) is 3.17. The van der Waals surface area contributed by atoms with Gasteiger partial charge in [-0.2, -0.15) is 0 Å². The van der Waals surface area contributed by atoms with Gasteiger partial charge in [0, 0.05) is 68.2 Å². The SMILES string of the molecule is C=C(CN1CCNCC1CN1CCCCC1C)N1CC(C)(C)c2nc(CC)c(Cc3ccc(F)cc3)cc21. The van der Waals surface area contributed by atoms with Crippen LogP contribution in [-0.2, 0) is 18.3 Å². The summed E-state index contributed by atoms with van der Waals surface area (Å²) in [6.07, 6.45) is 5.65. The number of piperazine rings is 1. The molecular weight excluding hydrogens is 473 g/mol. The first-order valence-corrected chi connectivity index (χ1v) is 14.7. The van der Waals surface area contributed by atoms with Crippen molar-refractivity contribution in [1.82, 2.24) is 20.1 Å². The first kappa shape index (κ1) is 27.3. The largest absolute Gasteiger partial charge is 0.342 e. The van der Waals surface area contributed by atoms with Crippen molar-refractivity contribution in [2.75, 3.05) is 50.7 Å². The highest BCUT2D eigenvalue weighted by Gasteiger charge is 2.39. The Kier molecular flexibility index (Phi) is 8.22. The van der Waals surface area contributed by atoms with Gasteiger partial charge in [0.25, 0.3) is 0 Å². The molecule has 2 aromatic rings. The van der Waals surface area contributed by atoms with Gasteiger partial charge in [0.15, 0.2) is 0 Å². The molecule has 2 fully saturated rings. The van der Waals surface area contributed by atoms with Crippen LogP contribution in [-0.4, -0.2) is 72.7 Å². The van der Waals surface area contributed by atoms with Crippen LogP contribution in [0.25, 0.3) is 0 Å². The summed E-state index contributed by atoms with van der Waals surface area (Å²) in [6.45, 7) is 21.1. The highest BCUT2D eigenvalue weighted by Crippen LogP contribution is 2.42. The van der Waals surface area contributed by atoms with Crippen LogP contribution in [0.4, 0.5) is 10.1 Å². The van der Waals surface area contributed by atoms with Crippen LogP contribution in [0, 0.1) is 5.82 Å². The third-order valence-electron chi connectivity index (χ3n) is 8.92. The van der Waals surface area contributed by atoms with Crippen LogP contribution in [0.5, 0.6) is 0 Å². The van der Waals surface area contributed by atoms with Gasteiger partial charge >= 0.3 is 0 Å². The average molecular weight is 520 g/mol. The van der Waals surface area contributed by atoms with E-state index in [0.29, 0.717) is 12.1 Å². The molecule has 4 heterocycles. The third kappa shape index (κ3) is 5.83. The van der Waals surface area contributed by atoms with Crippen LogP contribution >= 0.6 is 0 Å². The molecule has 5 rings (SSSR count). The quantitative estimate of drug-likeness (QED) is 0.523. The normalized spacial score (nSPS) is 24.0. The summed E-state index contributed by atoms with van der Waals surface area (Å²) in [5, 5.41) is 3.64. The highest BCUT2D eigenvalue weighted by molar-refractivity contribution is 5.65. The summed E-state index contributed by atoms with van der Waals surface area (Å²) in [7, 11) is 0. The Balaban J connectivity index is 1.36. The van der Waals surface area contributed by atoms with E-state index in [-0.39, 0.29) is 11.2 Å². The van der Waals surface area contributed by atoms with Gasteiger partial charge in [-0.1, -0.05) is 45.9 Å². The number of hydrogen-bond donors (Lipinski definition) is 1. The minimum absolute atomic E-state index is 0.0390. The fourth-order valence-electron chi connectivity index (χ4n) is 6.61. The van der Waals surface area contributed by atoms with Gasteiger partial charge in [0.2, 0.25) is 0 Å². The number of nitrogens with one attached hydrogen (secondary N) is 1. The number of pyridine rings is 1. The van der Waals surface area contributed by atoms with Gasteiger partial charge in [-0.15, -0.1) is 0 Å². The molecule has 0 saturated carbocycles. The van der Waals surface area contributed by atoms with Crippen molar-refractivity contribution < 1.29 is 4.39 Å². The van der Waals surface area contributed by atoms with Gasteiger partial charge in [0.1, 0.15) is 5.82 Å². The minimum atomic E-state index is -0.193. The summed E-state index contributed by atoms with van der Waals surface area (Å²) in [4.78, 5) is 13.0.